The zero-order valence-electron chi connectivity index (χ0n) is 21.2. The summed E-state index contributed by atoms with van der Waals surface area (Å²) >= 11 is 0. The smallest absolute Gasteiger partial charge is 0.414 e. The van der Waals surface area contributed by atoms with Crippen molar-refractivity contribution in [1.82, 2.24) is 14.9 Å². The first kappa shape index (κ1) is 24.6. The summed E-state index contributed by atoms with van der Waals surface area (Å²) < 4.78 is 7.04. The average molecular weight is 497 g/mol. The van der Waals surface area contributed by atoms with Gasteiger partial charge in [0.15, 0.2) is 5.82 Å². The predicted octanol–water partition coefficient (Wildman–Crippen LogP) is 4.82. The van der Waals surface area contributed by atoms with E-state index < -0.39 is 18.0 Å². The van der Waals surface area contributed by atoms with Crippen molar-refractivity contribution in [2.75, 3.05) is 12.0 Å². The highest BCUT2D eigenvalue weighted by molar-refractivity contribution is 5.99. The molecule has 9 heteroatoms. The van der Waals surface area contributed by atoms with Crippen LogP contribution in [0.4, 0.5) is 10.5 Å². The topological polar surface area (TPSA) is 114 Å². The van der Waals surface area contributed by atoms with Gasteiger partial charge in [-0.2, -0.15) is 0 Å². The third kappa shape index (κ3) is 4.44. The van der Waals surface area contributed by atoms with E-state index in [1.807, 2.05) is 23.6 Å². The van der Waals surface area contributed by atoms with Crippen molar-refractivity contribution in [2.24, 2.45) is 5.92 Å². The number of aromatic nitrogens is 2. The number of nitrogens with one attached hydrogen (secondary N) is 1. The monoisotopic (exact) mass is 496 g/mol. The second-order valence-electron chi connectivity index (χ2n) is 10.6. The van der Waals surface area contributed by atoms with Crippen molar-refractivity contribution in [1.29, 1.82) is 0 Å². The maximum Gasteiger partial charge on any atom is 0.414 e. The normalized spacial score (nSPS) is 24.8. The molecule has 36 heavy (non-hydrogen) atoms. The van der Waals surface area contributed by atoms with E-state index in [0.29, 0.717) is 18.7 Å². The molecule has 2 fully saturated rings. The minimum atomic E-state index is -0.780. The number of nitrogens with zero attached hydrogens (tertiary/aromatic N) is 3. The van der Waals surface area contributed by atoms with Crippen LogP contribution in [0.15, 0.2) is 12.1 Å². The van der Waals surface area contributed by atoms with Crippen LogP contribution in [0, 0.1) is 5.92 Å². The van der Waals surface area contributed by atoms with Crippen LogP contribution in [0.3, 0.4) is 0 Å². The van der Waals surface area contributed by atoms with Crippen molar-refractivity contribution in [3.63, 3.8) is 0 Å². The summed E-state index contributed by atoms with van der Waals surface area (Å²) in [6.45, 7) is 2.00. The molecule has 1 aromatic heterocycles. The Bertz CT molecular complexity index is 1170. The van der Waals surface area contributed by atoms with Crippen molar-refractivity contribution in [2.45, 2.75) is 95.7 Å². The number of hydrogen-bond donors (Lipinski definition) is 2. The van der Waals surface area contributed by atoms with Crippen LogP contribution in [-0.2, 0) is 16.0 Å². The van der Waals surface area contributed by atoms with Gasteiger partial charge in [0.25, 0.3) is 5.91 Å². The van der Waals surface area contributed by atoms with Gasteiger partial charge in [-0.25, -0.2) is 9.78 Å². The molecule has 3 atom stereocenters. The number of ether oxygens (including phenoxy) is 1. The molecule has 2 aliphatic carbocycles. The molecule has 1 unspecified atom stereocenters. The SMILES string of the molecule is COC(=O)N1c2ccc3c(nc(C(=O)NC4CCCCC4)n3[C@@H]3CCC[C@@H](C(=O)O)C3)c2CCC1C. The maximum atomic E-state index is 13.6. The van der Waals surface area contributed by atoms with Crippen LogP contribution in [0.25, 0.3) is 11.0 Å². The Kier molecular flexibility index (Phi) is 6.90. The minimum Gasteiger partial charge on any atom is -0.481 e. The van der Waals surface area contributed by atoms with Crippen molar-refractivity contribution in [3.05, 3.63) is 23.5 Å². The standard InChI is InChI=1S/C27H36N4O5/c1-16-11-12-20-21(30(16)27(35)36-2)13-14-22-23(20)29-24(25(32)28-18-8-4-3-5-9-18)31(22)19-10-6-7-17(15-19)26(33)34/h13-14,16-19H,3-12,15H2,1-2H3,(H,28,32)(H,33,34)/t16?,17-,19-/m1/s1. The highest BCUT2D eigenvalue weighted by Gasteiger charge is 2.35. The molecule has 194 valence electrons. The number of amides is 2. The van der Waals surface area contributed by atoms with Gasteiger partial charge in [0, 0.05) is 23.7 Å². The first-order valence-corrected chi connectivity index (χ1v) is 13.3. The molecule has 0 bridgehead atoms. The minimum absolute atomic E-state index is 0.00627. The largest absolute Gasteiger partial charge is 0.481 e. The molecule has 5 rings (SSSR count). The summed E-state index contributed by atoms with van der Waals surface area (Å²) in [6.07, 6.45) is 9.20. The summed E-state index contributed by atoms with van der Waals surface area (Å²) in [5, 5.41) is 12.9. The summed E-state index contributed by atoms with van der Waals surface area (Å²) in [7, 11) is 1.38. The third-order valence-electron chi connectivity index (χ3n) is 8.33. The molecule has 0 spiro atoms. The number of methoxy groups -OCH3 is 1. The first-order chi connectivity index (χ1) is 17.4. The summed E-state index contributed by atoms with van der Waals surface area (Å²) in [5.41, 5.74) is 3.26. The summed E-state index contributed by atoms with van der Waals surface area (Å²) in [6, 6.07) is 3.87. The third-order valence-corrected chi connectivity index (χ3v) is 8.33. The first-order valence-electron chi connectivity index (χ1n) is 13.3. The lowest BCUT2D eigenvalue weighted by Gasteiger charge is -2.34. The number of anilines is 1. The van der Waals surface area contributed by atoms with Gasteiger partial charge < -0.3 is 19.7 Å². The summed E-state index contributed by atoms with van der Waals surface area (Å²) in [4.78, 5) is 44.6. The number of imidazole rings is 1. The van der Waals surface area contributed by atoms with Gasteiger partial charge in [0.05, 0.1) is 29.7 Å². The fourth-order valence-corrected chi connectivity index (χ4v) is 6.42. The van der Waals surface area contributed by atoms with E-state index in [1.165, 1.54) is 13.5 Å². The van der Waals surface area contributed by atoms with Gasteiger partial charge in [0.2, 0.25) is 0 Å². The van der Waals surface area contributed by atoms with Crippen LogP contribution >= 0.6 is 0 Å². The molecule has 2 aromatic rings. The highest BCUT2D eigenvalue weighted by atomic mass is 16.5. The number of carboxylic acids is 1. The molecule has 0 saturated heterocycles. The molecule has 2 N–H and O–H groups in total. The molecular weight excluding hydrogens is 460 g/mol. The second-order valence-corrected chi connectivity index (χ2v) is 10.6. The number of hydrogen-bond acceptors (Lipinski definition) is 5. The summed E-state index contributed by atoms with van der Waals surface area (Å²) in [5.74, 6) is -1.05. The van der Waals surface area contributed by atoms with Crippen molar-refractivity contribution in [3.8, 4) is 0 Å². The number of benzene rings is 1. The molecule has 1 aromatic carbocycles. The maximum absolute atomic E-state index is 13.6. The Balaban J connectivity index is 1.60. The van der Waals surface area contributed by atoms with Crippen molar-refractivity contribution < 1.29 is 24.2 Å². The quantitative estimate of drug-likeness (QED) is 0.627. The van der Waals surface area contributed by atoms with E-state index >= 15 is 0 Å². The molecule has 0 radical (unpaired) electrons. The van der Waals surface area contributed by atoms with Crippen molar-refractivity contribution >= 4 is 34.7 Å². The fraction of sp³-hybridized carbons (Fsp3) is 0.630. The molecule has 3 aliphatic rings. The van der Waals surface area contributed by atoms with Crippen LogP contribution in [-0.4, -0.2) is 51.8 Å². The van der Waals surface area contributed by atoms with E-state index in [1.54, 1.807) is 4.90 Å². The molecule has 2 heterocycles. The van der Waals surface area contributed by atoms with E-state index in [4.69, 9.17) is 9.72 Å². The lowest BCUT2D eigenvalue weighted by molar-refractivity contribution is -0.143. The van der Waals surface area contributed by atoms with Gasteiger partial charge in [-0.3, -0.25) is 14.5 Å². The molecule has 2 amide bonds. The Labute approximate surface area is 211 Å². The van der Waals surface area contributed by atoms with Gasteiger partial charge in [-0.05, 0) is 64.0 Å². The number of carbonyl (C=O) groups is 3. The van der Waals surface area contributed by atoms with Crippen LogP contribution in [0.2, 0.25) is 0 Å². The van der Waals surface area contributed by atoms with Crippen LogP contribution < -0.4 is 10.2 Å². The van der Waals surface area contributed by atoms with Crippen LogP contribution in [0.5, 0.6) is 0 Å². The number of carbonyl (C=O) groups excluding carboxylic acids is 2. The predicted molar refractivity (Wildman–Crippen MR) is 135 cm³/mol. The van der Waals surface area contributed by atoms with E-state index in [9.17, 15) is 19.5 Å². The highest BCUT2D eigenvalue weighted by Crippen LogP contribution is 2.40. The Morgan fingerprint density at radius 2 is 1.83 bits per heavy atom. The zero-order chi connectivity index (χ0) is 25.4. The zero-order valence-corrected chi connectivity index (χ0v) is 21.2. The van der Waals surface area contributed by atoms with E-state index in [0.717, 1.165) is 73.7 Å². The lowest BCUT2D eigenvalue weighted by Crippen LogP contribution is -2.42. The molecule has 1 aliphatic heterocycles. The number of aliphatic carboxylic acids is 1. The molecular formula is C27H36N4O5. The number of rotatable bonds is 4. The fourth-order valence-electron chi connectivity index (χ4n) is 6.42. The Morgan fingerprint density at radius 1 is 1.06 bits per heavy atom. The molecule has 9 nitrogen and oxygen atoms in total. The average Bonchev–Trinajstić information content (AvgIpc) is 3.29. The Hall–Kier alpha value is -3.10. The van der Waals surface area contributed by atoms with E-state index in [2.05, 4.69) is 5.32 Å². The molecule has 2 saturated carbocycles. The van der Waals surface area contributed by atoms with Crippen LogP contribution in [0.1, 0.15) is 93.4 Å². The second kappa shape index (κ2) is 10.1. The number of carboxylic acid groups (broad SMARTS) is 1. The number of aryl methyl sites for hydroxylation is 1. The van der Waals surface area contributed by atoms with E-state index in [-0.39, 0.29) is 24.0 Å². The van der Waals surface area contributed by atoms with Gasteiger partial charge in [-0.1, -0.05) is 25.7 Å². The van der Waals surface area contributed by atoms with Gasteiger partial charge >= 0.3 is 12.1 Å². The van der Waals surface area contributed by atoms with Gasteiger partial charge in [-0.15, -0.1) is 0 Å². The number of fused-ring (bicyclic) bond motifs is 3. The Morgan fingerprint density at radius 3 is 2.56 bits per heavy atom. The van der Waals surface area contributed by atoms with Gasteiger partial charge in [0.1, 0.15) is 0 Å². The lowest BCUT2D eigenvalue weighted by atomic mass is 9.85.